The monoisotopic (exact) mass is 257 g/mol. The van der Waals surface area contributed by atoms with Crippen LogP contribution in [0.25, 0.3) is 0 Å². The van der Waals surface area contributed by atoms with Crippen LogP contribution in [0.5, 0.6) is 0 Å². The van der Waals surface area contributed by atoms with Gasteiger partial charge in [-0.2, -0.15) is 13.2 Å². The summed E-state index contributed by atoms with van der Waals surface area (Å²) in [5, 5.41) is 0.292. The molecule has 0 amide bonds. The normalized spacial score (nSPS) is 13.9. The molecule has 0 aliphatic rings. The lowest BCUT2D eigenvalue weighted by Gasteiger charge is -2.08. The van der Waals surface area contributed by atoms with Gasteiger partial charge in [0.1, 0.15) is 5.75 Å². The molecule has 0 spiro atoms. The first kappa shape index (κ1) is 12.3. The highest BCUT2D eigenvalue weighted by atomic mass is 35.5. The number of anilines is 1. The summed E-state index contributed by atoms with van der Waals surface area (Å²) >= 11 is 5.55. The molecule has 0 fully saturated rings. The molecule has 84 valence electrons. The van der Waals surface area contributed by atoms with Gasteiger partial charge in [0, 0.05) is 10.7 Å². The van der Waals surface area contributed by atoms with Gasteiger partial charge in [0.15, 0.2) is 0 Å². The molecule has 0 aliphatic heterocycles. The second-order valence-electron chi connectivity index (χ2n) is 2.79. The quantitative estimate of drug-likeness (QED) is 0.828. The molecule has 0 saturated carbocycles. The molecule has 2 N–H and O–H groups in total. The second kappa shape index (κ2) is 4.40. The van der Waals surface area contributed by atoms with E-state index >= 15 is 0 Å². The molecule has 1 aromatic rings. The Morgan fingerprint density at radius 1 is 1.40 bits per heavy atom. The highest BCUT2D eigenvalue weighted by Crippen LogP contribution is 2.25. The average Bonchev–Trinajstić information content (AvgIpc) is 1.99. The summed E-state index contributed by atoms with van der Waals surface area (Å²) < 4.78 is 47.1. The predicted octanol–water partition coefficient (Wildman–Crippen LogP) is 2.59. The van der Waals surface area contributed by atoms with E-state index < -0.39 is 22.7 Å². The second-order valence-corrected chi connectivity index (χ2v) is 4.64. The van der Waals surface area contributed by atoms with Crippen molar-refractivity contribution < 1.29 is 17.4 Å². The maximum Gasteiger partial charge on any atom is 0.400 e. The SMILES string of the molecule is Nc1cc(Cl)ccc1S(=O)CC(F)(F)F. The van der Waals surface area contributed by atoms with Crippen LogP contribution in [0.15, 0.2) is 23.1 Å². The minimum atomic E-state index is -4.48. The van der Waals surface area contributed by atoms with Gasteiger partial charge in [0.05, 0.1) is 15.7 Å². The molecule has 1 rings (SSSR count). The Morgan fingerprint density at radius 2 is 2.00 bits per heavy atom. The Hall–Kier alpha value is -0.750. The summed E-state index contributed by atoms with van der Waals surface area (Å²) in [7, 11) is -2.18. The molecule has 0 radical (unpaired) electrons. The molecule has 0 aliphatic carbocycles. The number of hydrogen-bond donors (Lipinski definition) is 1. The largest absolute Gasteiger partial charge is 0.400 e. The number of benzene rings is 1. The van der Waals surface area contributed by atoms with Crippen molar-refractivity contribution in [1.29, 1.82) is 0 Å². The zero-order chi connectivity index (χ0) is 11.6. The van der Waals surface area contributed by atoms with Gasteiger partial charge in [-0.3, -0.25) is 4.21 Å². The maximum absolute atomic E-state index is 11.9. The number of rotatable bonds is 2. The summed E-state index contributed by atoms with van der Waals surface area (Å²) in [4.78, 5) is -0.0447. The van der Waals surface area contributed by atoms with E-state index in [2.05, 4.69) is 0 Å². The first-order chi connectivity index (χ1) is 6.79. The van der Waals surface area contributed by atoms with Crippen molar-refractivity contribution in [2.24, 2.45) is 0 Å². The molecule has 1 atom stereocenters. The van der Waals surface area contributed by atoms with Crippen LogP contribution in [-0.4, -0.2) is 16.1 Å². The van der Waals surface area contributed by atoms with Crippen LogP contribution in [0.2, 0.25) is 5.02 Å². The maximum atomic E-state index is 11.9. The predicted molar refractivity (Wildman–Crippen MR) is 53.2 cm³/mol. The van der Waals surface area contributed by atoms with Crippen LogP contribution in [-0.2, 0) is 10.8 Å². The van der Waals surface area contributed by atoms with Crippen molar-refractivity contribution in [3.63, 3.8) is 0 Å². The number of alkyl halides is 3. The van der Waals surface area contributed by atoms with Crippen molar-refractivity contribution in [1.82, 2.24) is 0 Å². The van der Waals surface area contributed by atoms with E-state index in [0.717, 1.165) is 0 Å². The van der Waals surface area contributed by atoms with Gasteiger partial charge in [-0.15, -0.1) is 0 Å². The first-order valence-corrected chi connectivity index (χ1v) is 5.49. The molecule has 1 aromatic carbocycles. The van der Waals surface area contributed by atoms with Gasteiger partial charge in [-0.1, -0.05) is 11.6 Å². The van der Waals surface area contributed by atoms with Crippen LogP contribution < -0.4 is 5.73 Å². The van der Waals surface area contributed by atoms with Crippen molar-refractivity contribution in [3.8, 4) is 0 Å². The van der Waals surface area contributed by atoms with Crippen LogP contribution in [0.3, 0.4) is 0 Å². The molecule has 7 heteroatoms. The zero-order valence-corrected chi connectivity index (χ0v) is 8.92. The minimum absolute atomic E-state index is 0.00471. The van der Waals surface area contributed by atoms with Crippen molar-refractivity contribution >= 4 is 28.1 Å². The Kier molecular flexibility index (Phi) is 3.62. The first-order valence-electron chi connectivity index (χ1n) is 3.80. The van der Waals surface area contributed by atoms with Crippen molar-refractivity contribution in [3.05, 3.63) is 23.2 Å². The summed E-state index contributed by atoms with van der Waals surface area (Å²) in [6.07, 6.45) is -4.48. The Bertz CT molecular complexity index is 394. The molecular formula is C8H7ClF3NOS. The number of nitrogens with two attached hydrogens (primary N) is 1. The third-order valence-electron chi connectivity index (χ3n) is 1.51. The van der Waals surface area contributed by atoms with Gasteiger partial charge >= 0.3 is 6.18 Å². The molecular weight excluding hydrogens is 251 g/mol. The summed E-state index contributed by atoms with van der Waals surface area (Å²) in [6.45, 7) is 0. The fourth-order valence-electron chi connectivity index (χ4n) is 0.953. The van der Waals surface area contributed by atoms with Gasteiger partial charge < -0.3 is 5.73 Å². The van der Waals surface area contributed by atoms with E-state index in [1.807, 2.05) is 0 Å². The Labute approximate surface area is 91.7 Å². The van der Waals surface area contributed by atoms with E-state index in [1.165, 1.54) is 18.2 Å². The van der Waals surface area contributed by atoms with Gasteiger partial charge in [-0.05, 0) is 18.2 Å². The number of hydrogen-bond acceptors (Lipinski definition) is 2. The fourth-order valence-corrected chi connectivity index (χ4v) is 2.13. The number of halogens is 4. The standard InChI is InChI=1S/C8H7ClF3NOS/c9-5-1-2-7(6(13)3-5)15(14)4-8(10,11)12/h1-3H,4,13H2. The summed E-state index contributed by atoms with van der Waals surface area (Å²) in [5.41, 5.74) is 5.40. The molecule has 1 unspecified atom stereocenters. The lowest BCUT2D eigenvalue weighted by atomic mass is 10.3. The van der Waals surface area contributed by atoms with Crippen molar-refractivity contribution in [2.45, 2.75) is 11.1 Å². The van der Waals surface area contributed by atoms with Crippen molar-refractivity contribution in [2.75, 3.05) is 11.5 Å². The minimum Gasteiger partial charge on any atom is -0.398 e. The molecule has 15 heavy (non-hydrogen) atoms. The molecule has 0 saturated heterocycles. The lowest BCUT2D eigenvalue weighted by molar-refractivity contribution is -0.105. The van der Waals surface area contributed by atoms with Crippen LogP contribution in [0, 0.1) is 0 Å². The van der Waals surface area contributed by atoms with E-state index in [4.69, 9.17) is 17.3 Å². The van der Waals surface area contributed by atoms with Crippen LogP contribution >= 0.6 is 11.6 Å². The zero-order valence-electron chi connectivity index (χ0n) is 7.34. The van der Waals surface area contributed by atoms with Crippen LogP contribution in [0.4, 0.5) is 18.9 Å². The Morgan fingerprint density at radius 3 is 2.47 bits per heavy atom. The fraction of sp³-hybridized carbons (Fsp3) is 0.250. The van der Waals surface area contributed by atoms with E-state index in [1.54, 1.807) is 0 Å². The van der Waals surface area contributed by atoms with Gasteiger partial charge in [0.2, 0.25) is 0 Å². The molecule has 0 heterocycles. The highest BCUT2D eigenvalue weighted by molar-refractivity contribution is 7.85. The third-order valence-corrected chi connectivity index (χ3v) is 3.20. The van der Waals surface area contributed by atoms with E-state index in [0.29, 0.717) is 5.02 Å². The van der Waals surface area contributed by atoms with Gasteiger partial charge in [0.25, 0.3) is 0 Å². The molecule has 0 bridgehead atoms. The Balaban J connectivity index is 2.92. The lowest BCUT2D eigenvalue weighted by Crippen LogP contribution is -2.19. The number of nitrogen functional groups attached to an aromatic ring is 1. The third kappa shape index (κ3) is 3.71. The van der Waals surface area contributed by atoms with E-state index in [-0.39, 0.29) is 10.6 Å². The van der Waals surface area contributed by atoms with Crippen LogP contribution in [0.1, 0.15) is 0 Å². The summed E-state index contributed by atoms with van der Waals surface area (Å²) in [6, 6.07) is 3.85. The van der Waals surface area contributed by atoms with Gasteiger partial charge in [-0.25, -0.2) is 0 Å². The average molecular weight is 258 g/mol. The summed E-state index contributed by atoms with van der Waals surface area (Å²) in [5.74, 6) is -1.40. The van der Waals surface area contributed by atoms with E-state index in [9.17, 15) is 17.4 Å². The molecule has 2 nitrogen and oxygen atoms in total. The topological polar surface area (TPSA) is 43.1 Å². The highest BCUT2D eigenvalue weighted by Gasteiger charge is 2.31. The molecule has 0 aromatic heterocycles. The smallest absolute Gasteiger partial charge is 0.398 e.